The Hall–Kier alpha value is -2.11. The van der Waals surface area contributed by atoms with Crippen LogP contribution in [-0.2, 0) is 28.6 Å². The fraction of sp³-hybridized carbons (Fsp3) is 0.896. The first-order valence-electron chi connectivity index (χ1n) is 32.8. The molecule has 0 rings (SSSR count). The minimum atomic E-state index is -0.765. The van der Waals surface area contributed by atoms with Gasteiger partial charge in [-0.25, -0.2) is 0 Å². The lowest BCUT2D eigenvalue weighted by Gasteiger charge is -2.18. The molecule has 0 bridgehead atoms. The summed E-state index contributed by atoms with van der Waals surface area (Å²) in [6.45, 7) is 6.69. The number of unbranched alkanes of at least 4 members (excludes halogenated alkanes) is 46. The van der Waals surface area contributed by atoms with Gasteiger partial charge in [0, 0.05) is 19.3 Å². The fourth-order valence-corrected chi connectivity index (χ4v) is 10.0. The largest absolute Gasteiger partial charge is 0.462 e. The molecule has 0 fully saturated rings. The van der Waals surface area contributed by atoms with Crippen molar-refractivity contribution >= 4 is 17.9 Å². The zero-order chi connectivity index (χ0) is 52.9. The van der Waals surface area contributed by atoms with Crippen LogP contribution in [0.15, 0.2) is 24.3 Å². The molecule has 1 unspecified atom stereocenters. The van der Waals surface area contributed by atoms with Crippen LogP contribution in [-0.4, -0.2) is 37.2 Å². The number of ether oxygens (including phenoxy) is 3. The third-order valence-electron chi connectivity index (χ3n) is 15.0. The number of allylic oxidation sites excluding steroid dienone is 4. The molecule has 0 spiro atoms. The predicted octanol–water partition coefficient (Wildman–Crippen LogP) is 22.2. The smallest absolute Gasteiger partial charge is 0.306 e. The molecule has 0 aromatic heterocycles. The van der Waals surface area contributed by atoms with Gasteiger partial charge >= 0.3 is 17.9 Å². The van der Waals surface area contributed by atoms with Crippen molar-refractivity contribution in [3.63, 3.8) is 0 Å². The zero-order valence-corrected chi connectivity index (χ0v) is 49.4. The Kier molecular flexibility index (Phi) is 60.6. The molecule has 0 N–H and O–H groups in total. The first-order valence-corrected chi connectivity index (χ1v) is 32.8. The topological polar surface area (TPSA) is 78.9 Å². The Bertz CT molecular complexity index is 1180. The van der Waals surface area contributed by atoms with Crippen molar-refractivity contribution in [3.8, 4) is 0 Å². The summed E-state index contributed by atoms with van der Waals surface area (Å²) in [6.07, 6.45) is 74.8. The summed E-state index contributed by atoms with van der Waals surface area (Å²) in [5, 5.41) is 0. The molecule has 1 atom stereocenters. The van der Waals surface area contributed by atoms with Crippen LogP contribution in [0.5, 0.6) is 0 Å². The van der Waals surface area contributed by atoms with E-state index in [1.54, 1.807) is 0 Å². The van der Waals surface area contributed by atoms with Crippen LogP contribution in [0.3, 0.4) is 0 Å². The number of esters is 3. The molecule has 0 aliphatic carbocycles. The summed E-state index contributed by atoms with van der Waals surface area (Å²) in [4.78, 5) is 38.2. The second-order valence-corrected chi connectivity index (χ2v) is 22.4. The zero-order valence-electron chi connectivity index (χ0n) is 49.4. The van der Waals surface area contributed by atoms with Gasteiger partial charge in [0.05, 0.1) is 0 Å². The van der Waals surface area contributed by atoms with E-state index in [9.17, 15) is 14.4 Å². The van der Waals surface area contributed by atoms with E-state index in [4.69, 9.17) is 14.2 Å². The Morgan fingerprint density at radius 1 is 0.274 bits per heavy atom. The lowest BCUT2D eigenvalue weighted by molar-refractivity contribution is -0.167. The van der Waals surface area contributed by atoms with E-state index in [0.29, 0.717) is 19.3 Å². The van der Waals surface area contributed by atoms with Crippen molar-refractivity contribution < 1.29 is 28.6 Å². The first kappa shape index (κ1) is 70.9. The van der Waals surface area contributed by atoms with E-state index in [2.05, 4.69) is 45.1 Å². The molecule has 0 heterocycles. The molecule has 0 amide bonds. The summed E-state index contributed by atoms with van der Waals surface area (Å²) >= 11 is 0. The third kappa shape index (κ3) is 60.6. The van der Waals surface area contributed by atoms with Crippen molar-refractivity contribution in [1.82, 2.24) is 0 Å². The molecule has 0 radical (unpaired) electrons. The summed E-state index contributed by atoms with van der Waals surface area (Å²) in [6, 6.07) is 0. The monoisotopic (exact) mass is 1030 g/mol. The predicted molar refractivity (Wildman–Crippen MR) is 316 cm³/mol. The summed E-state index contributed by atoms with van der Waals surface area (Å²) in [5.41, 5.74) is 0. The highest BCUT2D eigenvalue weighted by molar-refractivity contribution is 5.71. The second kappa shape index (κ2) is 62.4. The Morgan fingerprint density at radius 2 is 0.493 bits per heavy atom. The highest BCUT2D eigenvalue weighted by atomic mass is 16.6. The van der Waals surface area contributed by atoms with E-state index in [1.807, 2.05) is 0 Å². The highest BCUT2D eigenvalue weighted by Gasteiger charge is 2.19. The van der Waals surface area contributed by atoms with E-state index < -0.39 is 6.10 Å². The van der Waals surface area contributed by atoms with E-state index in [0.717, 1.165) is 64.2 Å². The Labute approximate surface area is 455 Å². The van der Waals surface area contributed by atoms with Crippen LogP contribution < -0.4 is 0 Å². The van der Waals surface area contributed by atoms with Gasteiger partial charge < -0.3 is 14.2 Å². The molecular formula is C67H126O6. The molecular weight excluding hydrogens is 901 g/mol. The van der Waals surface area contributed by atoms with Crippen molar-refractivity contribution in [2.24, 2.45) is 0 Å². The molecule has 0 aliphatic rings. The van der Waals surface area contributed by atoms with Crippen LogP contribution in [0.4, 0.5) is 0 Å². The second-order valence-electron chi connectivity index (χ2n) is 22.4. The highest BCUT2D eigenvalue weighted by Crippen LogP contribution is 2.18. The molecule has 0 aliphatic heterocycles. The van der Waals surface area contributed by atoms with Crippen LogP contribution in [0.25, 0.3) is 0 Å². The number of rotatable bonds is 61. The van der Waals surface area contributed by atoms with Crippen molar-refractivity contribution in [2.75, 3.05) is 13.2 Å². The average molecular weight is 1030 g/mol. The van der Waals surface area contributed by atoms with Crippen molar-refractivity contribution in [1.29, 1.82) is 0 Å². The van der Waals surface area contributed by atoms with E-state index >= 15 is 0 Å². The lowest BCUT2D eigenvalue weighted by Crippen LogP contribution is -2.30. The van der Waals surface area contributed by atoms with Gasteiger partial charge in [-0.2, -0.15) is 0 Å². The molecule has 0 saturated carbocycles. The van der Waals surface area contributed by atoms with E-state index in [-0.39, 0.29) is 31.1 Å². The molecule has 0 saturated heterocycles. The van der Waals surface area contributed by atoms with Gasteiger partial charge in [0.1, 0.15) is 13.2 Å². The van der Waals surface area contributed by atoms with Crippen LogP contribution in [0.2, 0.25) is 0 Å². The van der Waals surface area contributed by atoms with Gasteiger partial charge in [0.15, 0.2) is 6.10 Å². The maximum atomic E-state index is 12.9. The van der Waals surface area contributed by atoms with Crippen LogP contribution >= 0.6 is 0 Å². The van der Waals surface area contributed by atoms with Crippen molar-refractivity contribution in [3.05, 3.63) is 24.3 Å². The number of carbonyl (C=O) groups is 3. The third-order valence-corrected chi connectivity index (χ3v) is 15.0. The maximum Gasteiger partial charge on any atom is 0.306 e. The van der Waals surface area contributed by atoms with Crippen LogP contribution in [0, 0.1) is 0 Å². The van der Waals surface area contributed by atoms with Crippen molar-refractivity contribution in [2.45, 2.75) is 374 Å². The minimum absolute atomic E-state index is 0.0638. The molecule has 430 valence electrons. The molecule has 6 heteroatoms. The standard InChI is InChI=1S/C67H126O6/c1-4-7-10-13-16-19-22-25-27-28-29-30-31-32-33-34-35-36-37-38-39-40-41-43-45-48-51-54-57-60-66(69)72-63-64(62-71-65(68)59-56-53-50-47-44-24-21-18-15-12-9-6-3)73-67(70)61-58-55-52-49-46-42-26-23-20-17-14-11-8-5-2/h22,25,28-29,64H,4-21,23-24,26-27,30-63H2,1-3H3/b25-22-,29-28-. The van der Waals surface area contributed by atoms with Gasteiger partial charge in [-0.05, 0) is 51.4 Å². The SMILES string of the molecule is CCCCCCC/C=C\C/C=C\CCCCCCCCCCCCCCCCCCCC(=O)OCC(COC(=O)CCCCCCCCCCCCCC)OC(=O)CCCCCCCCCCCCCCCC. The fourth-order valence-electron chi connectivity index (χ4n) is 10.0. The number of hydrogen-bond acceptors (Lipinski definition) is 6. The minimum Gasteiger partial charge on any atom is -0.462 e. The number of hydrogen-bond donors (Lipinski definition) is 0. The summed E-state index contributed by atoms with van der Waals surface area (Å²) in [7, 11) is 0. The van der Waals surface area contributed by atoms with Gasteiger partial charge in [0.2, 0.25) is 0 Å². The molecule has 0 aromatic rings. The van der Waals surface area contributed by atoms with E-state index in [1.165, 1.54) is 263 Å². The Balaban J connectivity index is 4.11. The van der Waals surface area contributed by atoms with Gasteiger partial charge in [0.25, 0.3) is 0 Å². The maximum absolute atomic E-state index is 12.9. The van der Waals surface area contributed by atoms with Gasteiger partial charge in [-0.1, -0.05) is 321 Å². The normalized spacial score (nSPS) is 12.1. The van der Waals surface area contributed by atoms with Crippen LogP contribution in [0.1, 0.15) is 367 Å². The first-order chi connectivity index (χ1) is 36.0. The lowest BCUT2D eigenvalue weighted by atomic mass is 10.0. The quantitative estimate of drug-likeness (QED) is 0.0261. The Morgan fingerprint density at radius 3 is 0.753 bits per heavy atom. The van der Waals surface area contributed by atoms with Gasteiger partial charge in [-0.15, -0.1) is 0 Å². The molecule has 0 aromatic carbocycles. The number of carbonyl (C=O) groups excluding carboxylic acids is 3. The summed E-state index contributed by atoms with van der Waals surface area (Å²) in [5.74, 6) is -0.836. The average Bonchev–Trinajstić information content (AvgIpc) is 3.39. The molecule has 6 nitrogen and oxygen atoms in total. The van der Waals surface area contributed by atoms with Gasteiger partial charge in [-0.3, -0.25) is 14.4 Å². The summed E-state index contributed by atoms with van der Waals surface area (Å²) < 4.78 is 16.9. The molecule has 73 heavy (non-hydrogen) atoms.